The zero-order valence-corrected chi connectivity index (χ0v) is 19.6. The molecule has 1 amide bonds. The molecule has 1 N–H and O–H groups in total. The molecule has 8 heteroatoms. The van der Waals surface area contributed by atoms with Crippen LogP contribution in [0.5, 0.6) is 0 Å². The molecule has 3 aromatic carbocycles. The van der Waals surface area contributed by atoms with E-state index in [4.69, 9.17) is 4.42 Å². The van der Waals surface area contributed by atoms with E-state index < -0.39 is 0 Å². The van der Waals surface area contributed by atoms with Crippen LogP contribution in [0, 0.1) is 0 Å². The van der Waals surface area contributed by atoms with Crippen molar-refractivity contribution < 1.29 is 9.21 Å². The Labute approximate surface area is 197 Å². The predicted octanol–water partition coefficient (Wildman–Crippen LogP) is 6.36. The number of fused-ring (bicyclic) bond motifs is 3. The van der Waals surface area contributed by atoms with Crippen molar-refractivity contribution in [3.63, 3.8) is 0 Å². The van der Waals surface area contributed by atoms with E-state index in [9.17, 15) is 4.79 Å². The smallest absolute Gasteiger partial charge is 0.277 e. The molecule has 2 heterocycles. The van der Waals surface area contributed by atoms with Gasteiger partial charge in [0.1, 0.15) is 0 Å². The van der Waals surface area contributed by atoms with Crippen LogP contribution in [0.3, 0.4) is 0 Å². The Hall–Kier alpha value is -3.10. The van der Waals surface area contributed by atoms with Crippen LogP contribution >= 0.6 is 27.7 Å². The van der Waals surface area contributed by atoms with Gasteiger partial charge in [0.2, 0.25) is 11.8 Å². The fourth-order valence-electron chi connectivity index (χ4n) is 3.77. The minimum atomic E-state index is -0.128. The molecule has 5 rings (SSSR count). The maximum atomic E-state index is 12.5. The molecule has 5 aromatic rings. The first kappa shape index (κ1) is 20.8. The SMILES string of the molecule is CCn1c2ccccc2c2cc(NC(=O)CSc3nnc(-c4ccc(Br)cc4)o3)ccc21. The monoisotopic (exact) mass is 506 g/mol. The second-order valence-electron chi connectivity index (χ2n) is 7.21. The molecule has 0 atom stereocenters. The zero-order valence-electron chi connectivity index (χ0n) is 17.2. The fourth-order valence-corrected chi connectivity index (χ4v) is 4.60. The normalized spacial score (nSPS) is 11.3. The molecule has 2 aromatic heterocycles. The van der Waals surface area contributed by atoms with E-state index in [0.717, 1.165) is 33.2 Å². The van der Waals surface area contributed by atoms with Crippen LogP contribution in [0.4, 0.5) is 5.69 Å². The Bertz CT molecular complexity index is 1430. The number of thioether (sulfide) groups is 1. The van der Waals surface area contributed by atoms with Gasteiger partial charge in [-0.05, 0) is 55.5 Å². The maximum Gasteiger partial charge on any atom is 0.277 e. The molecule has 0 aliphatic heterocycles. The highest BCUT2D eigenvalue weighted by atomic mass is 79.9. The summed E-state index contributed by atoms with van der Waals surface area (Å²) in [6, 6.07) is 22.0. The Morgan fingerprint density at radius 2 is 1.81 bits per heavy atom. The minimum absolute atomic E-state index is 0.128. The van der Waals surface area contributed by atoms with Gasteiger partial charge in [0, 0.05) is 44.1 Å². The van der Waals surface area contributed by atoms with Crippen molar-refractivity contribution in [3.8, 4) is 11.5 Å². The van der Waals surface area contributed by atoms with Crippen LogP contribution in [-0.2, 0) is 11.3 Å². The van der Waals surface area contributed by atoms with Crippen molar-refractivity contribution in [1.82, 2.24) is 14.8 Å². The highest BCUT2D eigenvalue weighted by molar-refractivity contribution is 9.10. The molecule has 0 bridgehead atoms. The summed E-state index contributed by atoms with van der Waals surface area (Å²) < 4.78 is 8.93. The first-order valence-corrected chi connectivity index (χ1v) is 11.9. The van der Waals surface area contributed by atoms with Gasteiger partial charge in [0.15, 0.2) is 0 Å². The number of anilines is 1. The average Bonchev–Trinajstić information content (AvgIpc) is 3.41. The Morgan fingerprint density at radius 3 is 2.62 bits per heavy atom. The lowest BCUT2D eigenvalue weighted by molar-refractivity contribution is -0.113. The minimum Gasteiger partial charge on any atom is -0.411 e. The van der Waals surface area contributed by atoms with E-state index in [0.29, 0.717) is 11.1 Å². The third-order valence-corrected chi connectivity index (χ3v) is 6.54. The molecule has 0 spiro atoms. The van der Waals surface area contributed by atoms with E-state index >= 15 is 0 Å². The first-order chi connectivity index (χ1) is 15.6. The van der Waals surface area contributed by atoms with Gasteiger partial charge in [0.05, 0.1) is 5.75 Å². The third kappa shape index (κ3) is 4.03. The number of aryl methyl sites for hydroxylation is 1. The molecule has 0 fully saturated rings. The summed E-state index contributed by atoms with van der Waals surface area (Å²) in [5, 5.41) is 13.7. The van der Waals surface area contributed by atoms with Crippen molar-refractivity contribution >= 4 is 61.1 Å². The number of rotatable bonds is 6. The lowest BCUT2D eigenvalue weighted by atomic mass is 10.1. The van der Waals surface area contributed by atoms with E-state index in [1.54, 1.807) is 0 Å². The van der Waals surface area contributed by atoms with Crippen LogP contribution in [0.1, 0.15) is 6.92 Å². The van der Waals surface area contributed by atoms with Crippen LogP contribution in [0.25, 0.3) is 33.3 Å². The molecule has 0 saturated carbocycles. The molecular formula is C24H19BrN4O2S. The summed E-state index contributed by atoms with van der Waals surface area (Å²) in [5.41, 5.74) is 3.95. The van der Waals surface area contributed by atoms with Crippen molar-refractivity contribution in [3.05, 3.63) is 71.2 Å². The van der Waals surface area contributed by atoms with Crippen molar-refractivity contribution in [2.75, 3.05) is 11.1 Å². The number of benzene rings is 3. The van der Waals surface area contributed by atoms with E-state index in [-0.39, 0.29) is 11.7 Å². The van der Waals surface area contributed by atoms with E-state index in [1.165, 1.54) is 22.7 Å². The van der Waals surface area contributed by atoms with Crippen molar-refractivity contribution in [1.29, 1.82) is 0 Å². The van der Waals surface area contributed by atoms with Gasteiger partial charge in [-0.25, -0.2) is 0 Å². The fraction of sp³-hybridized carbons (Fsp3) is 0.125. The van der Waals surface area contributed by atoms with Gasteiger partial charge >= 0.3 is 0 Å². The van der Waals surface area contributed by atoms with E-state index in [2.05, 4.69) is 61.1 Å². The van der Waals surface area contributed by atoms with Crippen LogP contribution in [0.15, 0.2) is 80.8 Å². The number of nitrogens with one attached hydrogen (secondary N) is 1. The second kappa shape index (κ2) is 8.80. The van der Waals surface area contributed by atoms with Gasteiger partial charge in [-0.3, -0.25) is 4.79 Å². The Balaban J connectivity index is 1.28. The van der Waals surface area contributed by atoms with Gasteiger partial charge in [-0.1, -0.05) is 45.9 Å². The summed E-state index contributed by atoms with van der Waals surface area (Å²) in [7, 11) is 0. The maximum absolute atomic E-state index is 12.5. The predicted molar refractivity (Wildman–Crippen MR) is 132 cm³/mol. The molecule has 160 valence electrons. The first-order valence-electron chi connectivity index (χ1n) is 10.2. The van der Waals surface area contributed by atoms with Gasteiger partial charge in [-0.2, -0.15) is 0 Å². The average molecular weight is 507 g/mol. The number of para-hydroxylation sites is 1. The number of hydrogen-bond donors (Lipinski definition) is 1. The van der Waals surface area contributed by atoms with Crippen molar-refractivity contribution in [2.24, 2.45) is 0 Å². The van der Waals surface area contributed by atoms with E-state index in [1.807, 2.05) is 48.5 Å². The zero-order chi connectivity index (χ0) is 22.1. The standard InChI is InChI=1S/C24H19BrN4O2S/c1-2-29-20-6-4-3-5-18(20)19-13-17(11-12-21(19)29)26-22(30)14-32-24-28-27-23(31-24)15-7-9-16(25)10-8-15/h3-13H,2,14H2,1H3,(H,26,30). The lowest BCUT2D eigenvalue weighted by Crippen LogP contribution is -2.13. The molecule has 0 aliphatic carbocycles. The van der Waals surface area contributed by atoms with Gasteiger partial charge in [-0.15, -0.1) is 10.2 Å². The Kier molecular flexibility index (Phi) is 5.71. The van der Waals surface area contributed by atoms with Gasteiger partial charge < -0.3 is 14.3 Å². The van der Waals surface area contributed by atoms with Crippen molar-refractivity contribution in [2.45, 2.75) is 18.7 Å². The number of nitrogens with zero attached hydrogens (tertiary/aromatic N) is 3. The molecular weight excluding hydrogens is 488 g/mol. The molecule has 32 heavy (non-hydrogen) atoms. The number of amides is 1. The summed E-state index contributed by atoms with van der Waals surface area (Å²) >= 11 is 4.62. The quantitative estimate of drug-likeness (QED) is 0.271. The number of carbonyl (C=O) groups excluding carboxylic acids is 1. The molecule has 0 aliphatic rings. The molecule has 6 nitrogen and oxygen atoms in total. The molecule has 0 radical (unpaired) electrons. The number of hydrogen-bond acceptors (Lipinski definition) is 5. The highest BCUT2D eigenvalue weighted by Gasteiger charge is 2.13. The largest absolute Gasteiger partial charge is 0.411 e. The third-order valence-electron chi connectivity index (χ3n) is 5.20. The van der Waals surface area contributed by atoms with Gasteiger partial charge in [0.25, 0.3) is 5.22 Å². The number of carbonyl (C=O) groups is 1. The Morgan fingerprint density at radius 1 is 1.03 bits per heavy atom. The molecule has 0 unspecified atom stereocenters. The summed E-state index contributed by atoms with van der Waals surface area (Å²) in [6.07, 6.45) is 0. The lowest BCUT2D eigenvalue weighted by Gasteiger charge is -2.06. The summed E-state index contributed by atoms with van der Waals surface area (Å²) in [4.78, 5) is 12.5. The second-order valence-corrected chi connectivity index (χ2v) is 9.05. The van der Waals surface area contributed by atoms with Crippen LogP contribution < -0.4 is 5.32 Å². The number of aromatic nitrogens is 3. The van der Waals surface area contributed by atoms with Crippen LogP contribution in [-0.4, -0.2) is 26.4 Å². The number of halogens is 1. The highest BCUT2D eigenvalue weighted by Crippen LogP contribution is 2.31. The summed E-state index contributed by atoms with van der Waals surface area (Å²) in [6.45, 7) is 3.03. The van der Waals surface area contributed by atoms with Crippen LogP contribution in [0.2, 0.25) is 0 Å². The topological polar surface area (TPSA) is 73.0 Å². The summed E-state index contributed by atoms with van der Waals surface area (Å²) in [5.74, 6) is 0.478. The molecule has 0 saturated heterocycles.